The summed E-state index contributed by atoms with van der Waals surface area (Å²) in [6.07, 6.45) is -7.88. The Morgan fingerprint density at radius 3 is 2.60 bits per heavy atom. The van der Waals surface area contributed by atoms with E-state index in [0.29, 0.717) is 6.54 Å². The highest BCUT2D eigenvalue weighted by atomic mass is 19.4. The lowest BCUT2D eigenvalue weighted by Gasteiger charge is -2.40. The third-order valence-corrected chi connectivity index (χ3v) is 5.52. The van der Waals surface area contributed by atoms with Crippen molar-refractivity contribution in [3.63, 3.8) is 0 Å². The van der Waals surface area contributed by atoms with Crippen LogP contribution < -0.4 is 4.74 Å². The Kier molecular flexibility index (Phi) is 5.97. The first kappa shape index (κ1) is 21.0. The second-order valence-electron chi connectivity index (χ2n) is 7.62. The van der Waals surface area contributed by atoms with E-state index >= 15 is 0 Å². The number of pyridine rings is 1. The number of aliphatic hydroxyl groups excluding tert-OH is 2. The predicted molar refractivity (Wildman–Crippen MR) is 101 cm³/mol. The summed E-state index contributed by atoms with van der Waals surface area (Å²) in [4.78, 5) is 5.58. The van der Waals surface area contributed by atoms with Gasteiger partial charge in [-0.1, -0.05) is 30.3 Å². The van der Waals surface area contributed by atoms with Crippen molar-refractivity contribution in [1.82, 2.24) is 9.88 Å². The highest BCUT2D eigenvalue weighted by Gasteiger charge is 2.41. The van der Waals surface area contributed by atoms with Gasteiger partial charge in [-0.15, -0.1) is 0 Å². The molecule has 0 amide bonds. The van der Waals surface area contributed by atoms with Crippen molar-refractivity contribution in [2.45, 2.75) is 43.6 Å². The molecule has 4 rings (SSSR count). The monoisotopic (exact) mass is 424 g/mol. The lowest BCUT2D eigenvalue weighted by molar-refractivity contribution is -0.185. The molecule has 6 nitrogen and oxygen atoms in total. The Morgan fingerprint density at radius 1 is 1.07 bits per heavy atom. The van der Waals surface area contributed by atoms with E-state index in [4.69, 9.17) is 9.47 Å². The molecule has 0 unspecified atom stereocenters. The van der Waals surface area contributed by atoms with Crippen molar-refractivity contribution < 1.29 is 32.9 Å². The maximum atomic E-state index is 12.8. The van der Waals surface area contributed by atoms with Gasteiger partial charge in [0, 0.05) is 25.7 Å². The second-order valence-corrected chi connectivity index (χ2v) is 7.62. The summed E-state index contributed by atoms with van der Waals surface area (Å²) < 4.78 is 49.6. The molecular formula is C21H23F3N2O4. The van der Waals surface area contributed by atoms with Crippen LogP contribution in [0.1, 0.15) is 16.8 Å². The molecule has 0 aliphatic carbocycles. The first-order valence-electron chi connectivity index (χ1n) is 9.79. The molecule has 162 valence electrons. The van der Waals surface area contributed by atoms with Crippen LogP contribution in [-0.4, -0.2) is 64.2 Å². The first-order chi connectivity index (χ1) is 14.3. The normalized spacial score (nSPS) is 27.5. The average molecular weight is 424 g/mol. The smallest absolute Gasteiger partial charge is 0.433 e. The maximum Gasteiger partial charge on any atom is 0.433 e. The number of alkyl halides is 3. The third-order valence-electron chi connectivity index (χ3n) is 5.52. The van der Waals surface area contributed by atoms with Crippen LogP contribution in [0.3, 0.4) is 0 Å². The van der Waals surface area contributed by atoms with E-state index in [-0.39, 0.29) is 12.5 Å². The van der Waals surface area contributed by atoms with Gasteiger partial charge in [0.2, 0.25) is 5.88 Å². The Labute approximate surface area is 171 Å². The second kappa shape index (κ2) is 8.50. The standard InChI is InChI=1S/C21H23F3N2O4/c22-21(23,24)17-6-3-7-18(25-17)30-16-12-29-15(19(27)20(16)28)11-26-9-8-13-4-1-2-5-14(13)10-26/h1-7,15-16,19-20,27-28H,8-12H2/t15-,16+,19+,20-/m1/s1. The molecule has 0 bridgehead atoms. The van der Waals surface area contributed by atoms with Crippen LogP contribution in [0.25, 0.3) is 0 Å². The van der Waals surface area contributed by atoms with E-state index in [1.165, 1.54) is 23.3 Å². The summed E-state index contributed by atoms with van der Waals surface area (Å²) >= 11 is 0. The van der Waals surface area contributed by atoms with Crippen molar-refractivity contribution in [1.29, 1.82) is 0 Å². The van der Waals surface area contributed by atoms with Gasteiger partial charge in [0.15, 0.2) is 6.10 Å². The molecular weight excluding hydrogens is 401 g/mol. The van der Waals surface area contributed by atoms with Gasteiger partial charge in [0.1, 0.15) is 17.9 Å². The van der Waals surface area contributed by atoms with E-state index < -0.39 is 36.3 Å². The first-order valence-corrected chi connectivity index (χ1v) is 9.79. The van der Waals surface area contributed by atoms with E-state index in [1.807, 2.05) is 12.1 Å². The Morgan fingerprint density at radius 2 is 1.83 bits per heavy atom. The number of aromatic nitrogens is 1. The molecule has 1 fully saturated rings. The number of aliphatic hydroxyl groups is 2. The van der Waals surface area contributed by atoms with Gasteiger partial charge in [-0.05, 0) is 23.6 Å². The summed E-state index contributed by atoms with van der Waals surface area (Å²) in [5.74, 6) is -0.282. The van der Waals surface area contributed by atoms with Crippen molar-refractivity contribution in [3.05, 3.63) is 59.3 Å². The van der Waals surface area contributed by atoms with Gasteiger partial charge in [-0.25, -0.2) is 4.98 Å². The molecule has 0 saturated carbocycles. The van der Waals surface area contributed by atoms with Crippen molar-refractivity contribution in [2.24, 2.45) is 0 Å². The van der Waals surface area contributed by atoms with Gasteiger partial charge in [-0.3, -0.25) is 4.90 Å². The maximum absolute atomic E-state index is 12.8. The number of nitrogens with zero attached hydrogens (tertiary/aromatic N) is 2. The minimum atomic E-state index is -4.60. The van der Waals surface area contributed by atoms with Gasteiger partial charge < -0.3 is 19.7 Å². The number of rotatable bonds is 4. The van der Waals surface area contributed by atoms with Crippen LogP contribution in [0.15, 0.2) is 42.5 Å². The van der Waals surface area contributed by atoms with Crippen LogP contribution in [0.2, 0.25) is 0 Å². The molecule has 0 radical (unpaired) electrons. The van der Waals surface area contributed by atoms with Crippen LogP contribution >= 0.6 is 0 Å². The minimum Gasteiger partial charge on any atom is -0.469 e. The number of halogens is 3. The summed E-state index contributed by atoms with van der Waals surface area (Å²) in [6, 6.07) is 11.5. The third kappa shape index (κ3) is 4.59. The SMILES string of the molecule is O[C@@H]1[C@H](O)[C@@H](Oc2cccc(C(F)(F)F)n2)CO[C@@H]1CN1CCc2ccccc2C1. The fourth-order valence-corrected chi connectivity index (χ4v) is 3.88. The van der Waals surface area contributed by atoms with Crippen LogP contribution in [0, 0.1) is 0 Å². The van der Waals surface area contributed by atoms with Crippen LogP contribution in [0.5, 0.6) is 5.88 Å². The molecule has 2 aromatic rings. The topological polar surface area (TPSA) is 75.0 Å². The molecule has 2 aliphatic rings. The van der Waals surface area contributed by atoms with Gasteiger partial charge in [-0.2, -0.15) is 13.2 Å². The number of benzene rings is 1. The molecule has 2 aliphatic heterocycles. The molecule has 9 heteroatoms. The summed E-state index contributed by atoms with van der Waals surface area (Å²) in [6.45, 7) is 1.91. The summed E-state index contributed by atoms with van der Waals surface area (Å²) in [7, 11) is 0. The average Bonchev–Trinajstić information content (AvgIpc) is 2.73. The van der Waals surface area contributed by atoms with Gasteiger partial charge >= 0.3 is 6.18 Å². The zero-order valence-electron chi connectivity index (χ0n) is 16.1. The molecule has 4 atom stereocenters. The number of hydrogen-bond acceptors (Lipinski definition) is 6. The molecule has 30 heavy (non-hydrogen) atoms. The number of fused-ring (bicyclic) bond motifs is 1. The van der Waals surface area contributed by atoms with E-state index in [2.05, 4.69) is 22.0 Å². The quantitative estimate of drug-likeness (QED) is 0.783. The fraction of sp³-hybridized carbons (Fsp3) is 0.476. The largest absolute Gasteiger partial charge is 0.469 e. The number of ether oxygens (including phenoxy) is 2. The Bertz CT molecular complexity index is 879. The summed E-state index contributed by atoms with van der Waals surface area (Å²) in [5.41, 5.74) is 1.45. The summed E-state index contributed by atoms with van der Waals surface area (Å²) in [5, 5.41) is 21.0. The number of hydrogen-bond donors (Lipinski definition) is 2. The molecule has 2 N–H and O–H groups in total. The van der Waals surface area contributed by atoms with E-state index in [1.54, 1.807) is 0 Å². The highest BCUT2D eigenvalue weighted by Crippen LogP contribution is 2.29. The molecule has 0 spiro atoms. The van der Waals surface area contributed by atoms with E-state index in [0.717, 1.165) is 25.6 Å². The van der Waals surface area contributed by atoms with Crippen LogP contribution in [-0.2, 0) is 23.9 Å². The van der Waals surface area contributed by atoms with Crippen LogP contribution in [0.4, 0.5) is 13.2 Å². The lowest BCUT2D eigenvalue weighted by atomic mass is 9.96. The Hall–Kier alpha value is -2.20. The zero-order valence-corrected chi connectivity index (χ0v) is 16.1. The zero-order chi connectivity index (χ0) is 21.3. The van der Waals surface area contributed by atoms with Crippen molar-refractivity contribution in [2.75, 3.05) is 19.7 Å². The lowest BCUT2D eigenvalue weighted by Crippen LogP contribution is -2.58. The molecule has 1 saturated heterocycles. The predicted octanol–water partition coefficient (Wildman–Crippen LogP) is 2.03. The highest BCUT2D eigenvalue weighted by molar-refractivity contribution is 5.29. The van der Waals surface area contributed by atoms with Crippen molar-refractivity contribution in [3.8, 4) is 5.88 Å². The molecule has 1 aromatic heterocycles. The fourth-order valence-electron chi connectivity index (χ4n) is 3.88. The van der Waals surface area contributed by atoms with E-state index in [9.17, 15) is 23.4 Å². The minimum absolute atomic E-state index is 0.0642. The Balaban J connectivity index is 1.36. The van der Waals surface area contributed by atoms with Gasteiger partial charge in [0.05, 0.1) is 12.7 Å². The van der Waals surface area contributed by atoms with Crippen molar-refractivity contribution >= 4 is 0 Å². The van der Waals surface area contributed by atoms with Gasteiger partial charge in [0.25, 0.3) is 0 Å². The molecule has 1 aromatic carbocycles. The molecule has 3 heterocycles.